The molecule has 4 aromatic rings. The van der Waals surface area contributed by atoms with Gasteiger partial charge < -0.3 is 15.1 Å². The third kappa shape index (κ3) is 5.15. The van der Waals surface area contributed by atoms with Crippen molar-refractivity contribution in [2.75, 3.05) is 31.1 Å². The number of hydrogen-bond donors (Lipinski definition) is 1. The number of halogens is 2. The highest BCUT2D eigenvalue weighted by atomic mass is 19.1. The van der Waals surface area contributed by atoms with Crippen molar-refractivity contribution < 1.29 is 8.78 Å². The van der Waals surface area contributed by atoms with Crippen LogP contribution < -0.4 is 10.2 Å². The van der Waals surface area contributed by atoms with Crippen molar-refractivity contribution in [2.45, 2.75) is 70.5 Å². The van der Waals surface area contributed by atoms with Gasteiger partial charge in [-0.1, -0.05) is 50.1 Å². The topological polar surface area (TPSA) is 44.3 Å². The van der Waals surface area contributed by atoms with Crippen molar-refractivity contribution in [2.24, 2.45) is 5.92 Å². The standard InChI is InChI=1S/C28H24F2N4.C8H15N/c1-3-19-23(29)13-8-16-6-5-7-20(25(16)19)21-11-12-22-27(26(21)30)32-24(4-2)33-28(22)34-14-17-9-10-18(15-34)31-17;1-7-5-8-3-2-4-9(8)6-7/h1,5-8,11-13,17-18,31H,4,9-10,14-15H2,2H3;7-8H,2-6H2,1H3. The van der Waals surface area contributed by atoms with E-state index in [9.17, 15) is 4.39 Å². The molecule has 4 saturated heterocycles. The smallest absolute Gasteiger partial charge is 0.157 e. The Bertz CT molecular complexity index is 1710. The molecule has 7 heteroatoms. The third-order valence-electron chi connectivity index (χ3n) is 9.81. The molecule has 0 amide bonds. The van der Waals surface area contributed by atoms with Gasteiger partial charge in [0.1, 0.15) is 23.0 Å². The molecule has 4 aliphatic rings. The van der Waals surface area contributed by atoms with Crippen molar-refractivity contribution in [3.8, 4) is 23.5 Å². The Morgan fingerprint density at radius 3 is 2.53 bits per heavy atom. The second-order valence-corrected chi connectivity index (χ2v) is 12.8. The highest BCUT2D eigenvalue weighted by molar-refractivity contribution is 6.03. The zero-order chi connectivity index (χ0) is 29.7. The van der Waals surface area contributed by atoms with E-state index >= 15 is 4.39 Å². The zero-order valence-electron chi connectivity index (χ0n) is 25.0. The average Bonchev–Trinajstić information content (AvgIpc) is 3.71. The molecule has 0 spiro atoms. The molecule has 0 aliphatic carbocycles. The Hall–Kier alpha value is -3.60. The van der Waals surface area contributed by atoms with Crippen LogP contribution in [0.4, 0.5) is 14.6 Å². The van der Waals surface area contributed by atoms with Gasteiger partial charge in [-0.3, -0.25) is 0 Å². The molecule has 8 rings (SSSR count). The van der Waals surface area contributed by atoms with Crippen LogP contribution in [0.1, 0.15) is 57.3 Å². The maximum Gasteiger partial charge on any atom is 0.157 e. The van der Waals surface area contributed by atoms with E-state index in [1.54, 1.807) is 18.2 Å². The van der Waals surface area contributed by atoms with Gasteiger partial charge >= 0.3 is 0 Å². The van der Waals surface area contributed by atoms with Crippen LogP contribution in [0.15, 0.2) is 42.5 Å². The van der Waals surface area contributed by atoms with Crippen molar-refractivity contribution >= 4 is 27.5 Å². The van der Waals surface area contributed by atoms with Gasteiger partial charge in [-0.2, -0.15) is 0 Å². The largest absolute Gasteiger partial charge is 0.353 e. The quantitative estimate of drug-likeness (QED) is 0.274. The minimum absolute atomic E-state index is 0.140. The molecule has 3 aromatic carbocycles. The molecule has 0 saturated carbocycles. The number of benzene rings is 3. The van der Waals surface area contributed by atoms with E-state index in [4.69, 9.17) is 11.4 Å². The molecule has 4 unspecified atom stereocenters. The van der Waals surface area contributed by atoms with E-state index < -0.39 is 11.6 Å². The lowest BCUT2D eigenvalue weighted by atomic mass is 9.93. The molecule has 43 heavy (non-hydrogen) atoms. The summed E-state index contributed by atoms with van der Waals surface area (Å²) in [5.74, 6) is 3.91. The zero-order valence-corrected chi connectivity index (χ0v) is 25.0. The maximum atomic E-state index is 16.2. The minimum Gasteiger partial charge on any atom is -0.353 e. The number of hydrogen-bond acceptors (Lipinski definition) is 5. The maximum absolute atomic E-state index is 16.2. The first-order valence-electron chi connectivity index (χ1n) is 15.9. The number of aromatic nitrogens is 2. The van der Waals surface area contributed by atoms with E-state index in [0.29, 0.717) is 51.7 Å². The number of anilines is 1. The lowest BCUT2D eigenvalue weighted by Gasteiger charge is -2.34. The Balaban J connectivity index is 0.000000283. The van der Waals surface area contributed by atoms with Crippen LogP contribution in [-0.2, 0) is 6.42 Å². The molecular formula is C36H39F2N5. The van der Waals surface area contributed by atoms with Gasteiger partial charge in [-0.25, -0.2) is 18.7 Å². The van der Waals surface area contributed by atoms with Gasteiger partial charge in [-0.05, 0) is 67.6 Å². The molecule has 1 N–H and O–H groups in total. The van der Waals surface area contributed by atoms with Crippen LogP contribution in [-0.4, -0.2) is 59.2 Å². The van der Waals surface area contributed by atoms with Gasteiger partial charge in [0.15, 0.2) is 5.82 Å². The number of aryl methyl sites for hydroxylation is 1. The fourth-order valence-electron chi connectivity index (χ4n) is 7.83. The fraction of sp³-hybridized carbons (Fsp3) is 0.444. The molecule has 222 valence electrons. The predicted octanol–water partition coefficient (Wildman–Crippen LogP) is 6.70. The Labute approximate surface area is 252 Å². The van der Waals surface area contributed by atoms with Gasteiger partial charge in [0.05, 0.1) is 5.56 Å². The summed E-state index contributed by atoms with van der Waals surface area (Å²) >= 11 is 0. The first-order valence-corrected chi connectivity index (χ1v) is 15.9. The monoisotopic (exact) mass is 579 g/mol. The molecule has 5 heterocycles. The Morgan fingerprint density at radius 2 is 1.79 bits per heavy atom. The number of nitrogens with one attached hydrogen (secondary N) is 1. The summed E-state index contributed by atoms with van der Waals surface area (Å²) in [7, 11) is 0. The molecular weight excluding hydrogens is 540 g/mol. The number of rotatable bonds is 3. The Kier molecular flexibility index (Phi) is 7.53. The number of terminal acetylenes is 1. The van der Waals surface area contributed by atoms with E-state index in [0.717, 1.165) is 49.1 Å². The Morgan fingerprint density at radius 1 is 0.977 bits per heavy atom. The summed E-state index contributed by atoms with van der Waals surface area (Å²) in [6.45, 7) is 8.81. The second kappa shape index (κ2) is 11.5. The van der Waals surface area contributed by atoms with Crippen molar-refractivity contribution in [1.29, 1.82) is 0 Å². The SMILES string of the molecule is C#Cc1c(F)ccc2cccc(-c3ccc4c(N5CC6CCC(C5)N6)nc(CC)nc4c3F)c12.CC1CC2CCCN2C1. The van der Waals surface area contributed by atoms with Crippen LogP contribution >= 0.6 is 0 Å². The molecule has 1 aromatic heterocycles. The van der Waals surface area contributed by atoms with E-state index in [1.165, 1.54) is 38.4 Å². The third-order valence-corrected chi connectivity index (χ3v) is 9.81. The molecule has 4 aliphatic heterocycles. The lowest BCUT2D eigenvalue weighted by molar-refractivity contribution is 0.319. The number of fused-ring (bicyclic) bond motifs is 5. The van der Waals surface area contributed by atoms with Crippen molar-refractivity contribution in [1.82, 2.24) is 20.2 Å². The summed E-state index contributed by atoms with van der Waals surface area (Å²) < 4.78 is 30.7. The van der Waals surface area contributed by atoms with Crippen molar-refractivity contribution in [3.63, 3.8) is 0 Å². The fourth-order valence-corrected chi connectivity index (χ4v) is 7.83. The summed E-state index contributed by atoms with van der Waals surface area (Å²) in [5, 5.41) is 5.63. The van der Waals surface area contributed by atoms with Gasteiger partial charge in [0.25, 0.3) is 0 Å². The van der Waals surface area contributed by atoms with Gasteiger partial charge in [-0.15, -0.1) is 6.42 Å². The summed E-state index contributed by atoms with van der Waals surface area (Å²) in [6.07, 6.45) is 13.0. The molecule has 4 atom stereocenters. The first kappa shape index (κ1) is 28.2. The predicted molar refractivity (Wildman–Crippen MR) is 170 cm³/mol. The summed E-state index contributed by atoms with van der Waals surface area (Å²) in [6, 6.07) is 14.0. The van der Waals surface area contributed by atoms with Crippen LogP contribution in [0, 0.1) is 29.9 Å². The number of piperazine rings is 1. The highest BCUT2D eigenvalue weighted by Crippen LogP contribution is 2.38. The van der Waals surface area contributed by atoms with E-state index in [-0.39, 0.29) is 5.56 Å². The highest BCUT2D eigenvalue weighted by Gasteiger charge is 2.34. The van der Waals surface area contributed by atoms with Gasteiger partial charge in [0, 0.05) is 60.5 Å². The van der Waals surface area contributed by atoms with Crippen LogP contribution in [0.3, 0.4) is 0 Å². The summed E-state index contributed by atoms with van der Waals surface area (Å²) in [4.78, 5) is 14.3. The molecule has 4 fully saturated rings. The van der Waals surface area contributed by atoms with E-state index in [1.807, 2.05) is 25.1 Å². The first-order chi connectivity index (χ1) is 20.9. The molecule has 5 nitrogen and oxygen atoms in total. The second-order valence-electron chi connectivity index (χ2n) is 12.8. The lowest BCUT2D eigenvalue weighted by Crippen LogP contribution is -2.51. The van der Waals surface area contributed by atoms with Crippen LogP contribution in [0.5, 0.6) is 0 Å². The van der Waals surface area contributed by atoms with E-state index in [2.05, 4.69) is 32.9 Å². The number of nitrogens with zero attached hydrogens (tertiary/aromatic N) is 4. The van der Waals surface area contributed by atoms with Crippen LogP contribution in [0.2, 0.25) is 0 Å². The van der Waals surface area contributed by atoms with Crippen LogP contribution in [0.25, 0.3) is 32.8 Å². The minimum atomic E-state index is -0.491. The molecule has 0 radical (unpaired) electrons. The molecule has 2 bridgehead atoms. The normalized spacial score (nSPS) is 24.7. The van der Waals surface area contributed by atoms with Gasteiger partial charge in [0.2, 0.25) is 0 Å². The van der Waals surface area contributed by atoms with Crippen molar-refractivity contribution in [3.05, 3.63) is 65.5 Å². The summed E-state index contributed by atoms with van der Waals surface area (Å²) in [5.41, 5.74) is 1.34. The average molecular weight is 580 g/mol.